The molecule has 0 saturated carbocycles. The Morgan fingerprint density at radius 3 is 2.59 bits per heavy atom. The van der Waals surface area contributed by atoms with E-state index >= 15 is 0 Å². The number of hydrogen-bond acceptors (Lipinski definition) is 4. The van der Waals surface area contributed by atoms with Gasteiger partial charge in [0.1, 0.15) is 12.4 Å². The third kappa shape index (κ3) is 4.99. The Labute approximate surface area is 162 Å². The van der Waals surface area contributed by atoms with E-state index in [9.17, 15) is 4.39 Å². The maximum Gasteiger partial charge on any atom is 0.161 e. The monoisotopic (exact) mass is 384 g/mol. The van der Waals surface area contributed by atoms with Crippen LogP contribution in [0.1, 0.15) is 11.1 Å². The van der Waals surface area contributed by atoms with Crippen molar-refractivity contribution in [2.24, 2.45) is 5.10 Å². The number of benzene rings is 3. The van der Waals surface area contributed by atoms with Crippen molar-refractivity contribution >= 4 is 23.5 Å². The first kappa shape index (κ1) is 18.7. The molecule has 0 unspecified atom stereocenters. The quantitative estimate of drug-likeness (QED) is 0.431. The van der Waals surface area contributed by atoms with Crippen LogP contribution in [0.25, 0.3) is 0 Å². The molecule has 0 aromatic heterocycles. The fraction of sp³-hybridized carbons (Fsp3) is 0.0952. The maximum absolute atomic E-state index is 13.9. The number of halogens is 2. The van der Waals surface area contributed by atoms with Gasteiger partial charge in [0.15, 0.2) is 11.5 Å². The topological polar surface area (TPSA) is 42.8 Å². The Morgan fingerprint density at radius 2 is 1.85 bits per heavy atom. The number of nitrogens with one attached hydrogen (secondary N) is 1. The van der Waals surface area contributed by atoms with E-state index in [0.29, 0.717) is 22.1 Å². The van der Waals surface area contributed by atoms with E-state index in [4.69, 9.17) is 21.1 Å². The number of hydrazone groups is 1. The van der Waals surface area contributed by atoms with Gasteiger partial charge >= 0.3 is 0 Å². The molecule has 0 bridgehead atoms. The van der Waals surface area contributed by atoms with Crippen molar-refractivity contribution in [1.82, 2.24) is 0 Å². The van der Waals surface area contributed by atoms with E-state index in [1.807, 2.05) is 36.4 Å². The molecule has 0 fully saturated rings. The predicted octanol–water partition coefficient (Wildman–Crippen LogP) is 5.51. The molecule has 0 spiro atoms. The Bertz CT molecular complexity index is 912. The maximum atomic E-state index is 13.9. The van der Waals surface area contributed by atoms with Crippen LogP contribution in [0.2, 0.25) is 5.02 Å². The van der Waals surface area contributed by atoms with Crippen LogP contribution in [0.5, 0.6) is 11.5 Å². The second-order valence-electron chi connectivity index (χ2n) is 5.64. The van der Waals surface area contributed by atoms with E-state index in [0.717, 1.165) is 11.3 Å². The van der Waals surface area contributed by atoms with Crippen LogP contribution in [0.15, 0.2) is 71.8 Å². The first-order valence-corrected chi connectivity index (χ1v) is 8.63. The molecule has 0 saturated heterocycles. The first-order chi connectivity index (χ1) is 13.2. The van der Waals surface area contributed by atoms with Gasteiger partial charge in [0.25, 0.3) is 0 Å². The average molecular weight is 385 g/mol. The zero-order valence-corrected chi connectivity index (χ0v) is 15.4. The van der Waals surface area contributed by atoms with E-state index in [1.165, 1.54) is 6.07 Å². The Balaban J connectivity index is 1.69. The number of methoxy groups -OCH3 is 1. The molecule has 0 aliphatic carbocycles. The van der Waals surface area contributed by atoms with Gasteiger partial charge in [-0.2, -0.15) is 5.10 Å². The third-order valence-corrected chi connectivity index (χ3v) is 4.16. The van der Waals surface area contributed by atoms with Crippen molar-refractivity contribution in [3.05, 3.63) is 88.7 Å². The molecule has 4 nitrogen and oxygen atoms in total. The van der Waals surface area contributed by atoms with Crippen LogP contribution in [-0.4, -0.2) is 13.3 Å². The highest BCUT2D eigenvalue weighted by Gasteiger charge is 2.10. The molecule has 3 aromatic carbocycles. The highest BCUT2D eigenvalue weighted by atomic mass is 35.5. The van der Waals surface area contributed by atoms with Crippen molar-refractivity contribution in [2.45, 2.75) is 6.61 Å². The number of ether oxygens (including phenoxy) is 2. The molecule has 6 heteroatoms. The van der Waals surface area contributed by atoms with Crippen LogP contribution < -0.4 is 14.9 Å². The molecule has 1 N–H and O–H groups in total. The van der Waals surface area contributed by atoms with Gasteiger partial charge in [-0.3, -0.25) is 5.43 Å². The minimum absolute atomic E-state index is 0.00483. The molecule has 0 radical (unpaired) electrons. The predicted molar refractivity (Wildman–Crippen MR) is 106 cm³/mol. The summed E-state index contributed by atoms with van der Waals surface area (Å²) in [5.41, 5.74) is 4.97. The molecular formula is C21H18ClFN2O2. The molecule has 3 rings (SSSR count). The van der Waals surface area contributed by atoms with Gasteiger partial charge in [-0.1, -0.05) is 35.9 Å². The van der Waals surface area contributed by atoms with Crippen LogP contribution in [0.4, 0.5) is 10.1 Å². The molecule has 0 amide bonds. The number of para-hydroxylation sites is 1. The summed E-state index contributed by atoms with van der Waals surface area (Å²) in [5.74, 6) is 0.605. The van der Waals surface area contributed by atoms with Crippen LogP contribution in [0, 0.1) is 5.82 Å². The summed E-state index contributed by atoms with van der Waals surface area (Å²) in [4.78, 5) is 0. The lowest BCUT2D eigenvalue weighted by molar-refractivity contribution is 0.280. The molecule has 138 valence electrons. The van der Waals surface area contributed by atoms with Crippen LogP contribution in [-0.2, 0) is 6.61 Å². The Kier molecular flexibility index (Phi) is 6.28. The fourth-order valence-electron chi connectivity index (χ4n) is 2.40. The van der Waals surface area contributed by atoms with Gasteiger partial charge in [-0.05, 0) is 48.0 Å². The van der Waals surface area contributed by atoms with E-state index in [-0.39, 0.29) is 6.61 Å². The summed E-state index contributed by atoms with van der Waals surface area (Å²) in [6.45, 7) is 0.00483. The summed E-state index contributed by atoms with van der Waals surface area (Å²) in [6, 6.07) is 19.5. The van der Waals surface area contributed by atoms with Gasteiger partial charge < -0.3 is 9.47 Å². The van der Waals surface area contributed by atoms with Crippen LogP contribution in [0.3, 0.4) is 0 Å². The largest absolute Gasteiger partial charge is 0.493 e. The Hall–Kier alpha value is -3.05. The standard InChI is InChI=1S/C21H18ClFN2O2/c1-26-21-12-15(13-24-25-16-6-3-2-4-7-16)10-11-20(21)27-14-17-18(22)8-5-9-19(17)23/h2-13,25H,14H2,1H3. The summed E-state index contributed by atoms with van der Waals surface area (Å²) in [5, 5.41) is 4.52. The molecule has 0 aliphatic rings. The molecule has 0 aliphatic heterocycles. The zero-order valence-electron chi connectivity index (χ0n) is 14.7. The van der Waals surface area contributed by atoms with E-state index in [2.05, 4.69) is 10.5 Å². The Morgan fingerprint density at radius 1 is 1.04 bits per heavy atom. The van der Waals surface area contributed by atoms with Crippen molar-refractivity contribution < 1.29 is 13.9 Å². The van der Waals surface area contributed by atoms with Crippen molar-refractivity contribution in [3.63, 3.8) is 0 Å². The summed E-state index contributed by atoms with van der Waals surface area (Å²) in [6.07, 6.45) is 1.67. The number of anilines is 1. The summed E-state index contributed by atoms with van der Waals surface area (Å²) >= 11 is 6.03. The minimum Gasteiger partial charge on any atom is -0.493 e. The van der Waals surface area contributed by atoms with Gasteiger partial charge in [-0.15, -0.1) is 0 Å². The van der Waals surface area contributed by atoms with E-state index < -0.39 is 5.82 Å². The number of rotatable bonds is 7. The van der Waals surface area contributed by atoms with Crippen LogP contribution >= 0.6 is 11.6 Å². The third-order valence-electron chi connectivity index (χ3n) is 3.80. The lowest BCUT2D eigenvalue weighted by Crippen LogP contribution is -2.01. The van der Waals surface area contributed by atoms with Crippen molar-refractivity contribution in [3.8, 4) is 11.5 Å². The SMILES string of the molecule is COc1cc(C=NNc2ccccc2)ccc1OCc1c(F)cccc1Cl. The normalized spacial score (nSPS) is 10.8. The lowest BCUT2D eigenvalue weighted by Gasteiger charge is -2.12. The first-order valence-electron chi connectivity index (χ1n) is 8.25. The highest BCUT2D eigenvalue weighted by Crippen LogP contribution is 2.29. The minimum atomic E-state index is -0.405. The molecule has 0 atom stereocenters. The van der Waals surface area contributed by atoms with E-state index in [1.54, 1.807) is 37.6 Å². The smallest absolute Gasteiger partial charge is 0.161 e. The second-order valence-corrected chi connectivity index (χ2v) is 6.04. The van der Waals surface area contributed by atoms with Crippen molar-refractivity contribution in [2.75, 3.05) is 12.5 Å². The fourth-order valence-corrected chi connectivity index (χ4v) is 2.62. The summed E-state index contributed by atoms with van der Waals surface area (Å²) in [7, 11) is 1.54. The van der Waals surface area contributed by atoms with Gasteiger partial charge in [0.2, 0.25) is 0 Å². The molecule has 3 aromatic rings. The number of hydrogen-bond donors (Lipinski definition) is 1. The second kappa shape index (κ2) is 9.05. The molecule has 27 heavy (non-hydrogen) atoms. The molecule has 0 heterocycles. The zero-order chi connectivity index (χ0) is 19.1. The lowest BCUT2D eigenvalue weighted by atomic mass is 10.2. The van der Waals surface area contributed by atoms with Crippen molar-refractivity contribution in [1.29, 1.82) is 0 Å². The van der Waals surface area contributed by atoms with Gasteiger partial charge in [0.05, 0.1) is 24.0 Å². The van der Waals surface area contributed by atoms with Gasteiger partial charge in [0, 0.05) is 5.56 Å². The highest BCUT2D eigenvalue weighted by molar-refractivity contribution is 6.31. The average Bonchev–Trinajstić information content (AvgIpc) is 2.69. The number of nitrogens with zero attached hydrogens (tertiary/aromatic N) is 1. The summed E-state index contributed by atoms with van der Waals surface area (Å²) < 4.78 is 24.9. The molecular weight excluding hydrogens is 367 g/mol. The van der Waals surface area contributed by atoms with Gasteiger partial charge in [-0.25, -0.2) is 4.39 Å².